The first-order chi connectivity index (χ1) is 9.46. The summed E-state index contributed by atoms with van der Waals surface area (Å²) in [5.74, 6) is -0.214. The van der Waals surface area contributed by atoms with E-state index in [0.29, 0.717) is 12.3 Å². The van der Waals surface area contributed by atoms with Crippen molar-refractivity contribution in [3.63, 3.8) is 0 Å². The number of rotatable bonds is 5. The minimum Gasteiger partial charge on any atom is -0.394 e. The van der Waals surface area contributed by atoms with E-state index in [2.05, 4.69) is 10.6 Å². The fourth-order valence-electron chi connectivity index (χ4n) is 1.81. The van der Waals surface area contributed by atoms with Gasteiger partial charge in [0.05, 0.1) is 23.9 Å². The van der Waals surface area contributed by atoms with Crippen LogP contribution < -0.4 is 10.6 Å². The second kappa shape index (κ2) is 7.46. The molecule has 20 heavy (non-hydrogen) atoms. The van der Waals surface area contributed by atoms with Gasteiger partial charge >= 0.3 is 6.03 Å². The van der Waals surface area contributed by atoms with E-state index in [9.17, 15) is 14.3 Å². The molecule has 5 nitrogen and oxygen atoms in total. The summed E-state index contributed by atoms with van der Waals surface area (Å²) in [6.45, 7) is 3.80. The average molecular weight is 279 g/mol. The number of anilines is 1. The third-order valence-corrected chi connectivity index (χ3v) is 2.66. The number of hydrogen-bond donors (Lipinski definition) is 3. The highest BCUT2D eigenvalue weighted by Gasteiger charge is 2.14. The summed E-state index contributed by atoms with van der Waals surface area (Å²) in [6, 6.07) is 4.45. The monoisotopic (exact) mass is 279 g/mol. The summed E-state index contributed by atoms with van der Waals surface area (Å²) in [5, 5.41) is 23.1. The summed E-state index contributed by atoms with van der Waals surface area (Å²) in [4.78, 5) is 11.8. The Hall–Kier alpha value is -2.13. The van der Waals surface area contributed by atoms with Gasteiger partial charge in [0.25, 0.3) is 0 Å². The van der Waals surface area contributed by atoms with Crippen LogP contribution in [0.2, 0.25) is 0 Å². The number of carbonyl (C=O) groups is 1. The van der Waals surface area contributed by atoms with Crippen molar-refractivity contribution in [2.75, 3.05) is 11.9 Å². The van der Waals surface area contributed by atoms with Crippen LogP contribution in [0.25, 0.3) is 0 Å². The van der Waals surface area contributed by atoms with Crippen LogP contribution in [-0.2, 0) is 0 Å². The molecule has 0 bridgehead atoms. The van der Waals surface area contributed by atoms with Crippen LogP contribution in [0.5, 0.6) is 0 Å². The molecule has 0 aliphatic rings. The molecule has 108 valence electrons. The van der Waals surface area contributed by atoms with Gasteiger partial charge in [-0.2, -0.15) is 5.26 Å². The molecule has 0 fully saturated rings. The highest BCUT2D eigenvalue weighted by molar-refractivity contribution is 5.90. The van der Waals surface area contributed by atoms with Crippen LogP contribution >= 0.6 is 0 Å². The quantitative estimate of drug-likeness (QED) is 0.772. The van der Waals surface area contributed by atoms with Gasteiger partial charge in [-0.25, -0.2) is 9.18 Å². The minimum atomic E-state index is -0.541. The number of nitrogens with one attached hydrogen (secondary N) is 2. The third kappa shape index (κ3) is 4.86. The number of aliphatic hydroxyl groups excluding tert-OH is 1. The Kier molecular flexibility index (Phi) is 5.94. The fourth-order valence-corrected chi connectivity index (χ4v) is 1.81. The van der Waals surface area contributed by atoms with Crippen molar-refractivity contribution < 1.29 is 14.3 Å². The Bertz CT molecular complexity index is 512. The maximum atomic E-state index is 13.0. The Morgan fingerprint density at radius 3 is 2.75 bits per heavy atom. The molecule has 0 aliphatic heterocycles. The van der Waals surface area contributed by atoms with E-state index in [1.54, 1.807) is 0 Å². The summed E-state index contributed by atoms with van der Waals surface area (Å²) >= 11 is 0. The molecular weight excluding hydrogens is 261 g/mol. The molecule has 0 saturated carbocycles. The Balaban J connectivity index is 2.69. The maximum absolute atomic E-state index is 13.0. The maximum Gasteiger partial charge on any atom is 0.319 e. The number of amides is 2. The molecule has 2 amide bonds. The second-order valence-corrected chi connectivity index (χ2v) is 4.91. The molecule has 0 spiro atoms. The first-order valence-electron chi connectivity index (χ1n) is 6.34. The highest BCUT2D eigenvalue weighted by atomic mass is 19.1. The summed E-state index contributed by atoms with van der Waals surface area (Å²) in [6.07, 6.45) is 0.637. The lowest BCUT2D eigenvalue weighted by Gasteiger charge is -2.18. The first kappa shape index (κ1) is 15.9. The van der Waals surface area contributed by atoms with Gasteiger partial charge in [0.1, 0.15) is 11.9 Å². The lowest BCUT2D eigenvalue weighted by Crippen LogP contribution is -2.41. The first-order valence-corrected chi connectivity index (χ1v) is 6.34. The minimum absolute atomic E-state index is 0.0459. The smallest absolute Gasteiger partial charge is 0.319 e. The van der Waals surface area contributed by atoms with Crippen molar-refractivity contribution in [2.24, 2.45) is 5.92 Å². The molecule has 1 aromatic rings. The van der Waals surface area contributed by atoms with Gasteiger partial charge in [-0.15, -0.1) is 0 Å². The van der Waals surface area contributed by atoms with Crippen LogP contribution in [0.3, 0.4) is 0 Å². The number of benzene rings is 1. The lowest BCUT2D eigenvalue weighted by molar-refractivity contribution is 0.214. The lowest BCUT2D eigenvalue weighted by atomic mass is 10.0. The molecule has 0 heterocycles. The van der Waals surface area contributed by atoms with Crippen LogP contribution in [-0.4, -0.2) is 23.8 Å². The van der Waals surface area contributed by atoms with E-state index in [1.807, 2.05) is 19.9 Å². The second-order valence-electron chi connectivity index (χ2n) is 4.91. The Morgan fingerprint density at radius 1 is 1.50 bits per heavy atom. The average Bonchev–Trinajstić information content (AvgIpc) is 2.39. The highest BCUT2D eigenvalue weighted by Crippen LogP contribution is 2.16. The van der Waals surface area contributed by atoms with E-state index in [4.69, 9.17) is 5.26 Å². The van der Waals surface area contributed by atoms with Crippen LogP contribution in [0.1, 0.15) is 25.8 Å². The SMILES string of the molecule is CC(C)CC(CO)NC(=O)Nc1ccc(F)cc1C#N. The van der Waals surface area contributed by atoms with E-state index in [1.165, 1.54) is 6.07 Å². The number of nitrogens with zero attached hydrogens (tertiary/aromatic N) is 1. The predicted molar refractivity (Wildman–Crippen MR) is 73.6 cm³/mol. The summed E-state index contributed by atoms with van der Waals surface area (Å²) in [5.41, 5.74) is 0.275. The van der Waals surface area contributed by atoms with E-state index in [0.717, 1.165) is 12.1 Å². The Labute approximate surface area is 117 Å². The molecule has 0 aromatic heterocycles. The molecule has 0 saturated heterocycles. The third-order valence-electron chi connectivity index (χ3n) is 2.66. The fraction of sp³-hybridized carbons (Fsp3) is 0.429. The van der Waals surface area contributed by atoms with Crippen molar-refractivity contribution in [1.82, 2.24) is 5.32 Å². The zero-order valence-corrected chi connectivity index (χ0v) is 11.5. The van der Waals surface area contributed by atoms with Crippen LogP contribution in [0, 0.1) is 23.1 Å². The zero-order valence-electron chi connectivity index (χ0n) is 11.5. The number of carbonyl (C=O) groups excluding carboxylic acids is 1. The standard InChI is InChI=1S/C14H18FN3O2/c1-9(2)5-12(8-19)17-14(20)18-13-4-3-11(15)6-10(13)7-16/h3-4,6,9,12,19H,5,8H2,1-2H3,(H2,17,18,20). The number of nitriles is 1. The van der Waals surface area contributed by atoms with Crippen LogP contribution in [0.4, 0.5) is 14.9 Å². The largest absolute Gasteiger partial charge is 0.394 e. The molecule has 1 aromatic carbocycles. The molecule has 6 heteroatoms. The van der Waals surface area contributed by atoms with Crippen molar-refractivity contribution in [1.29, 1.82) is 5.26 Å². The van der Waals surface area contributed by atoms with Gasteiger partial charge < -0.3 is 15.7 Å². The van der Waals surface area contributed by atoms with Gasteiger partial charge in [-0.3, -0.25) is 0 Å². The molecule has 1 rings (SSSR count). The number of halogens is 1. The molecule has 1 unspecified atom stereocenters. The van der Waals surface area contributed by atoms with E-state index in [-0.39, 0.29) is 23.9 Å². The van der Waals surface area contributed by atoms with E-state index >= 15 is 0 Å². The number of urea groups is 1. The van der Waals surface area contributed by atoms with Crippen molar-refractivity contribution in [3.8, 4) is 6.07 Å². The van der Waals surface area contributed by atoms with Gasteiger partial charge in [-0.1, -0.05) is 13.8 Å². The normalized spacial score (nSPS) is 11.8. The topological polar surface area (TPSA) is 85.2 Å². The van der Waals surface area contributed by atoms with Gasteiger partial charge in [0.15, 0.2) is 0 Å². The summed E-state index contributed by atoms with van der Waals surface area (Å²) in [7, 11) is 0. The Morgan fingerprint density at radius 2 is 2.20 bits per heavy atom. The van der Waals surface area contributed by atoms with Gasteiger partial charge in [0.2, 0.25) is 0 Å². The van der Waals surface area contributed by atoms with Crippen molar-refractivity contribution in [2.45, 2.75) is 26.3 Å². The molecular formula is C14H18FN3O2. The number of aliphatic hydroxyl groups is 1. The van der Waals surface area contributed by atoms with Crippen molar-refractivity contribution >= 4 is 11.7 Å². The van der Waals surface area contributed by atoms with E-state index < -0.39 is 11.8 Å². The molecule has 1 atom stereocenters. The van der Waals surface area contributed by atoms with Gasteiger partial charge in [0, 0.05) is 0 Å². The summed E-state index contributed by atoms with van der Waals surface area (Å²) < 4.78 is 13.0. The zero-order chi connectivity index (χ0) is 15.1. The van der Waals surface area contributed by atoms with Crippen LogP contribution in [0.15, 0.2) is 18.2 Å². The van der Waals surface area contributed by atoms with Crippen molar-refractivity contribution in [3.05, 3.63) is 29.6 Å². The molecule has 0 aliphatic carbocycles. The van der Waals surface area contributed by atoms with Gasteiger partial charge in [-0.05, 0) is 30.5 Å². The number of hydrogen-bond acceptors (Lipinski definition) is 3. The molecule has 3 N–H and O–H groups in total. The predicted octanol–water partition coefficient (Wildman–Crippen LogP) is 2.23. The molecule has 0 radical (unpaired) electrons.